The van der Waals surface area contributed by atoms with Crippen molar-refractivity contribution in [3.63, 3.8) is 0 Å². The van der Waals surface area contributed by atoms with E-state index >= 15 is 0 Å². The predicted octanol–water partition coefficient (Wildman–Crippen LogP) is 0.371. The predicted molar refractivity (Wildman–Crippen MR) is 97.7 cm³/mol. The summed E-state index contributed by atoms with van der Waals surface area (Å²) in [6, 6.07) is 9.00. The molecule has 0 unspecified atom stereocenters. The van der Waals surface area contributed by atoms with Gasteiger partial charge < -0.3 is 10.2 Å². The molecule has 0 aliphatic carbocycles. The highest BCUT2D eigenvalue weighted by atomic mass is 32.2. The van der Waals surface area contributed by atoms with Gasteiger partial charge in [0, 0.05) is 30.2 Å². The minimum Gasteiger partial charge on any atom is -0.480 e. The zero-order chi connectivity index (χ0) is 18.7. The first-order valence-corrected chi connectivity index (χ1v) is 8.80. The van der Waals surface area contributed by atoms with Gasteiger partial charge in [-0.15, -0.1) is 4.83 Å². The average molecular weight is 375 g/mol. The number of benzene rings is 1. The molecule has 3 aromatic rings. The zero-order valence-electron chi connectivity index (χ0n) is 14.1. The molecule has 0 radical (unpaired) electrons. The molecule has 2 aromatic heterocycles. The molecule has 136 valence electrons. The summed E-state index contributed by atoms with van der Waals surface area (Å²) >= 11 is 0. The van der Waals surface area contributed by atoms with E-state index in [9.17, 15) is 13.2 Å². The molecule has 10 heteroatoms. The van der Waals surface area contributed by atoms with Crippen LogP contribution in [0.4, 0.5) is 5.69 Å². The number of nitrogens with zero attached hydrogens (tertiary/aromatic N) is 3. The van der Waals surface area contributed by atoms with Crippen molar-refractivity contribution in [2.24, 2.45) is 7.05 Å². The number of hydrogen-bond donors (Lipinski definition) is 3. The Morgan fingerprint density at radius 1 is 1.23 bits per heavy atom. The Balaban J connectivity index is 1.89. The summed E-state index contributed by atoms with van der Waals surface area (Å²) in [6.45, 7) is 0. The molecule has 0 aliphatic rings. The summed E-state index contributed by atoms with van der Waals surface area (Å²) in [5.41, 5.74) is 4.60. The molecule has 0 amide bonds. The fourth-order valence-corrected chi connectivity index (χ4v) is 2.76. The molecule has 26 heavy (non-hydrogen) atoms. The van der Waals surface area contributed by atoms with Crippen molar-refractivity contribution in [1.29, 1.82) is 0 Å². The van der Waals surface area contributed by atoms with Crippen molar-refractivity contribution < 1.29 is 13.2 Å². The molecular weight excluding hydrogens is 358 g/mol. The third kappa shape index (κ3) is 3.81. The Labute approximate surface area is 150 Å². The number of anilines is 1. The number of nitrogens with one attached hydrogen (secondary N) is 2. The molecule has 0 spiro atoms. The second kappa shape index (κ2) is 7.50. The maximum atomic E-state index is 12.2. The molecule has 2 N–H and O–H groups in total. The van der Waals surface area contributed by atoms with Gasteiger partial charge in [0.05, 0.1) is 13.3 Å². The van der Waals surface area contributed by atoms with Crippen LogP contribution in [0, 0.1) is 0 Å². The lowest BCUT2D eigenvalue weighted by Crippen LogP contribution is -2.20. The number of thiol groups is 1. The van der Waals surface area contributed by atoms with Crippen LogP contribution in [-0.4, -0.2) is 30.3 Å². The number of rotatable bonds is 6. The number of hydrazine groups is 1. The summed E-state index contributed by atoms with van der Waals surface area (Å²) in [5.74, 6) is 0.266. The third-order valence-corrected chi connectivity index (χ3v) is 4.07. The normalized spacial score (nSPS) is 11.0. The second-order valence-electron chi connectivity index (χ2n) is 5.53. The largest absolute Gasteiger partial charge is 0.480 e. The van der Waals surface area contributed by atoms with Gasteiger partial charge in [0.1, 0.15) is 5.39 Å². The van der Waals surface area contributed by atoms with Crippen molar-refractivity contribution >= 4 is 27.4 Å². The van der Waals surface area contributed by atoms with Crippen LogP contribution < -0.4 is 20.6 Å². The molecule has 9 nitrogen and oxygen atoms in total. The molecule has 3 rings (SSSR count). The molecular formula is C16H17N5O4S. The minimum atomic E-state index is -2.72. The fraction of sp³-hybridized carbons (Fsp3) is 0.188. The van der Waals surface area contributed by atoms with Gasteiger partial charge in [-0.1, -0.05) is 12.1 Å². The Morgan fingerprint density at radius 3 is 2.62 bits per heavy atom. The first kappa shape index (κ1) is 17.8. The molecule has 0 bridgehead atoms. The van der Waals surface area contributed by atoms with Gasteiger partial charge in [-0.3, -0.25) is 4.79 Å². The molecule has 0 aliphatic heterocycles. The number of methoxy groups -OCH3 is 1. The van der Waals surface area contributed by atoms with E-state index in [4.69, 9.17) is 4.74 Å². The van der Waals surface area contributed by atoms with E-state index in [0.717, 1.165) is 11.3 Å². The molecule has 0 saturated carbocycles. The van der Waals surface area contributed by atoms with E-state index in [0.29, 0.717) is 22.9 Å². The molecule has 0 atom stereocenters. The van der Waals surface area contributed by atoms with Crippen LogP contribution in [0.3, 0.4) is 0 Å². The quantitative estimate of drug-likeness (QED) is 0.421. The number of aromatic nitrogens is 3. The number of fused-ring (bicyclic) bond motifs is 1. The second-order valence-corrected chi connectivity index (χ2v) is 6.27. The van der Waals surface area contributed by atoms with Crippen molar-refractivity contribution in [2.45, 2.75) is 6.42 Å². The number of ether oxygens (including phenoxy) is 1. The van der Waals surface area contributed by atoms with Gasteiger partial charge in [-0.2, -0.15) is 5.10 Å². The van der Waals surface area contributed by atoms with Gasteiger partial charge in [-0.05, 0) is 23.8 Å². The monoisotopic (exact) mass is 375 g/mol. The third-order valence-electron chi connectivity index (χ3n) is 3.77. The summed E-state index contributed by atoms with van der Waals surface area (Å²) in [6.07, 6.45) is 2.12. The lowest BCUT2D eigenvalue weighted by Gasteiger charge is -2.09. The highest BCUT2D eigenvalue weighted by molar-refractivity contribution is 7.70. The molecule has 0 fully saturated rings. The van der Waals surface area contributed by atoms with Crippen LogP contribution in [0.5, 0.6) is 5.88 Å². The topological polar surface area (TPSA) is 115 Å². The van der Waals surface area contributed by atoms with Crippen LogP contribution in [-0.2, 0) is 24.4 Å². The van der Waals surface area contributed by atoms with E-state index in [1.165, 1.54) is 11.8 Å². The van der Waals surface area contributed by atoms with Gasteiger partial charge in [0.2, 0.25) is 16.8 Å². The van der Waals surface area contributed by atoms with E-state index in [1.54, 1.807) is 25.4 Å². The maximum absolute atomic E-state index is 12.2. The van der Waals surface area contributed by atoms with Crippen LogP contribution >= 0.6 is 0 Å². The molecule has 1 aromatic carbocycles. The van der Waals surface area contributed by atoms with Crippen molar-refractivity contribution in [3.8, 4) is 5.88 Å². The van der Waals surface area contributed by atoms with Crippen LogP contribution in [0.15, 0.2) is 41.3 Å². The standard InChI is InChI=1S/C16H17N5O4S/c1-21-16(22)14-11(9-17-21)8-13(18-15(14)25-2)7-10-3-5-12(6-4-10)19-20-26(23)24/h3-6,8-9,19,26H,7H2,1-2H3,(H,20,23,24). The van der Waals surface area contributed by atoms with Gasteiger partial charge in [0.25, 0.3) is 5.56 Å². The number of aryl methyl sites for hydroxylation is 1. The smallest absolute Gasteiger partial charge is 0.279 e. The summed E-state index contributed by atoms with van der Waals surface area (Å²) in [4.78, 5) is 18.8. The number of hydrogen-bond acceptors (Lipinski definition) is 7. The van der Waals surface area contributed by atoms with Crippen molar-refractivity contribution in [1.82, 2.24) is 19.6 Å². The summed E-state index contributed by atoms with van der Waals surface area (Å²) in [5, 5.41) is 5.09. The van der Waals surface area contributed by atoms with Crippen molar-refractivity contribution in [2.75, 3.05) is 12.5 Å². The number of pyridine rings is 1. The SMILES string of the molecule is COc1nc(Cc2ccc(NN[SH](=O)=O)cc2)cc2cnn(C)c(=O)c12. The Morgan fingerprint density at radius 2 is 1.96 bits per heavy atom. The van der Waals surface area contributed by atoms with E-state index in [2.05, 4.69) is 20.3 Å². The van der Waals surface area contributed by atoms with E-state index in [-0.39, 0.29) is 11.4 Å². The zero-order valence-corrected chi connectivity index (χ0v) is 15.0. The highest BCUT2D eigenvalue weighted by Crippen LogP contribution is 2.22. The highest BCUT2D eigenvalue weighted by Gasteiger charge is 2.12. The van der Waals surface area contributed by atoms with Crippen LogP contribution in [0.1, 0.15) is 11.3 Å². The van der Waals surface area contributed by atoms with E-state index in [1.807, 2.05) is 18.2 Å². The minimum absolute atomic E-state index is 0.266. The van der Waals surface area contributed by atoms with Gasteiger partial charge >= 0.3 is 0 Å². The Hall–Kier alpha value is -2.98. The van der Waals surface area contributed by atoms with Crippen molar-refractivity contribution in [3.05, 3.63) is 58.1 Å². The Bertz CT molecular complexity index is 1070. The maximum Gasteiger partial charge on any atom is 0.279 e. The molecule has 2 heterocycles. The van der Waals surface area contributed by atoms with Gasteiger partial charge in [-0.25, -0.2) is 18.1 Å². The Kier molecular flexibility index (Phi) is 5.14. The van der Waals surface area contributed by atoms with E-state index < -0.39 is 10.9 Å². The van der Waals surface area contributed by atoms with Crippen LogP contribution in [0.25, 0.3) is 10.8 Å². The first-order valence-electron chi connectivity index (χ1n) is 7.63. The fourth-order valence-electron chi connectivity index (χ4n) is 2.54. The van der Waals surface area contributed by atoms with Gasteiger partial charge in [0.15, 0.2) is 0 Å². The average Bonchev–Trinajstić information content (AvgIpc) is 2.63. The van der Waals surface area contributed by atoms with Crippen LogP contribution in [0.2, 0.25) is 0 Å². The first-order chi connectivity index (χ1) is 12.5. The summed E-state index contributed by atoms with van der Waals surface area (Å²) in [7, 11) is 0.326. The summed E-state index contributed by atoms with van der Waals surface area (Å²) < 4.78 is 27.5. The molecule has 0 saturated heterocycles. The lowest BCUT2D eigenvalue weighted by molar-refractivity contribution is 0.401. The lowest BCUT2D eigenvalue weighted by atomic mass is 10.1.